The van der Waals surface area contributed by atoms with E-state index < -0.39 is 0 Å². The second kappa shape index (κ2) is 12.0. The van der Waals surface area contributed by atoms with Gasteiger partial charge in [-0.3, -0.25) is 0 Å². The lowest BCUT2D eigenvalue weighted by molar-refractivity contribution is -0.665. The molecule has 0 saturated carbocycles. The summed E-state index contributed by atoms with van der Waals surface area (Å²) in [7, 11) is 0. The zero-order valence-corrected chi connectivity index (χ0v) is 23.2. The lowest BCUT2D eigenvalue weighted by Gasteiger charge is -2.20. The number of thiazole rings is 2. The second-order valence-corrected chi connectivity index (χ2v) is 9.46. The Balaban J connectivity index is 0.00000306. The quantitative estimate of drug-likeness (QED) is 0.164. The fraction of sp³-hybridized carbons (Fsp3) is 0.250. The highest BCUT2D eigenvalue weighted by molar-refractivity contribution is 7.19. The Bertz CT molecular complexity index is 1260. The largest absolute Gasteiger partial charge is 1.00 e. The Morgan fingerprint density at radius 2 is 1.70 bits per heavy atom. The van der Waals surface area contributed by atoms with E-state index in [4.69, 9.17) is 11.6 Å². The van der Waals surface area contributed by atoms with Gasteiger partial charge in [0.2, 0.25) is 10.6 Å². The topological polar surface area (TPSA) is 44.7 Å². The van der Waals surface area contributed by atoms with Gasteiger partial charge in [-0.25, -0.2) is 4.98 Å². The number of benzene rings is 2. The van der Waals surface area contributed by atoms with Gasteiger partial charge in [-0.2, -0.15) is 4.57 Å². The first-order valence-electron chi connectivity index (χ1n) is 10.7. The number of fused-ring (bicyclic) bond motifs is 1. The Morgan fingerprint density at radius 3 is 2.39 bits per heavy atom. The monoisotopic (exact) mass is 609 g/mol. The van der Waals surface area contributed by atoms with Crippen LogP contribution in [0.3, 0.4) is 0 Å². The van der Waals surface area contributed by atoms with Crippen LogP contribution in [0.4, 0.5) is 16.5 Å². The first-order chi connectivity index (χ1) is 15.6. The number of aromatic nitrogens is 2. The molecule has 2 aromatic carbocycles. The average molecular weight is 610 g/mol. The van der Waals surface area contributed by atoms with E-state index in [-0.39, 0.29) is 24.0 Å². The van der Waals surface area contributed by atoms with Crippen LogP contribution >= 0.6 is 34.3 Å². The lowest BCUT2D eigenvalue weighted by Crippen LogP contribution is -3.00. The molecule has 4 aromatic rings. The van der Waals surface area contributed by atoms with Crippen LogP contribution in [0.2, 0.25) is 5.15 Å². The molecule has 5 nitrogen and oxygen atoms in total. The molecule has 0 spiro atoms. The predicted molar refractivity (Wildman–Crippen MR) is 138 cm³/mol. The van der Waals surface area contributed by atoms with Crippen LogP contribution in [0, 0.1) is 0 Å². The Labute approximate surface area is 224 Å². The van der Waals surface area contributed by atoms with Gasteiger partial charge in [0.15, 0.2) is 0 Å². The molecule has 9 heteroatoms. The number of hydrogen-bond donors (Lipinski definition) is 0. The summed E-state index contributed by atoms with van der Waals surface area (Å²) in [5, 5.41) is 10.8. The SMILES string of the molecule is CCN(CC)c1ccc(N=Nc2nc(Cl)c(/C=C/c3sc4ccccc4[n+]3CC)s2)cc1.[I-]. The molecule has 2 heterocycles. The molecule has 0 amide bonds. The zero-order valence-electron chi connectivity index (χ0n) is 18.7. The van der Waals surface area contributed by atoms with Crippen molar-refractivity contribution in [1.29, 1.82) is 0 Å². The Morgan fingerprint density at radius 1 is 0.970 bits per heavy atom. The van der Waals surface area contributed by atoms with E-state index in [9.17, 15) is 0 Å². The van der Waals surface area contributed by atoms with E-state index in [2.05, 4.69) is 87.9 Å². The molecule has 0 fully saturated rings. The van der Waals surface area contributed by atoms with Gasteiger partial charge in [-0.05, 0) is 57.2 Å². The van der Waals surface area contributed by atoms with Crippen LogP contribution in [-0.4, -0.2) is 18.1 Å². The van der Waals surface area contributed by atoms with Crippen molar-refractivity contribution >= 4 is 73.1 Å². The molecule has 0 bridgehead atoms. The number of hydrogen-bond acceptors (Lipinski definition) is 6. The molecule has 0 aliphatic carbocycles. The van der Waals surface area contributed by atoms with Crippen LogP contribution in [-0.2, 0) is 6.54 Å². The molecular weight excluding hydrogens is 585 g/mol. The molecular formula is C24H25ClIN5S2. The molecule has 0 aliphatic rings. The van der Waals surface area contributed by atoms with Crippen molar-refractivity contribution in [3.05, 3.63) is 63.6 Å². The fourth-order valence-corrected chi connectivity index (χ4v) is 5.64. The van der Waals surface area contributed by atoms with Gasteiger partial charge in [-0.15, -0.1) is 10.2 Å². The maximum absolute atomic E-state index is 6.37. The number of azo groups is 1. The van der Waals surface area contributed by atoms with Crippen molar-refractivity contribution < 1.29 is 28.5 Å². The maximum atomic E-state index is 6.37. The van der Waals surface area contributed by atoms with Crippen LogP contribution in [0.25, 0.3) is 22.4 Å². The highest BCUT2D eigenvalue weighted by Gasteiger charge is 2.16. The average Bonchev–Trinajstić information content (AvgIpc) is 3.36. The Kier molecular flexibility index (Phi) is 9.37. The Hall–Kier alpha value is -1.88. The standard InChI is InChI=1S/C24H25ClN5S2.HI/c1-4-29(5-2)18-13-11-17(12-14-18)27-28-24-26-23(25)21(32-24)15-16-22-30(6-3)19-9-7-8-10-20(19)31-22;/h7-16H,4-6H2,1-3H3;1H/q+1;/p-1. The highest BCUT2D eigenvalue weighted by atomic mass is 127. The van der Waals surface area contributed by atoms with Crippen LogP contribution in [0.15, 0.2) is 58.8 Å². The van der Waals surface area contributed by atoms with Gasteiger partial charge in [0.05, 0.1) is 10.6 Å². The van der Waals surface area contributed by atoms with Crippen LogP contribution in [0.1, 0.15) is 30.7 Å². The summed E-state index contributed by atoms with van der Waals surface area (Å²) in [4.78, 5) is 7.52. The number of anilines is 1. The van der Waals surface area contributed by atoms with Crippen molar-refractivity contribution in [3.63, 3.8) is 0 Å². The summed E-state index contributed by atoms with van der Waals surface area (Å²) >= 11 is 9.57. The van der Waals surface area contributed by atoms with Crippen molar-refractivity contribution in [2.75, 3.05) is 18.0 Å². The minimum atomic E-state index is 0. The number of rotatable bonds is 8. The molecule has 0 saturated heterocycles. The van der Waals surface area contributed by atoms with Gasteiger partial charge in [0, 0.05) is 30.9 Å². The third-order valence-corrected chi connectivity index (χ3v) is 7.59. The van der Waals surface area contributed by atoms with Crippen molar-refractivity contribution in [2.24, 2.45) is 10.2 Å². The van der Waals surface area contributed by atoms with Gasteiger partial charge in [0.1, 0.15) is 16.4 Å². The van der Waals surface area contributed by atoms with E-state index in [1.165, 1.54) is 32.2 Å². The summed E-state index contributed by atoms with van der Waals surface area (Å²) in [6, 6.07) is 16.5. The predicted octanol–water partition coefficient (Wildman–Crippen LogP) is 4.75. The van der Waals surface area contributed by atoms with E-state index in [1.807, 2.05) is 18.2 Å². The fourth-order valence-electron chi connectivity index (χ4n) is 3.52. The van der Waals surface area contributed by atoms with Gasteiger partial charge < -0.3 is 28.9 Å². The molecule has 0 aliphatic heterocycles. The third kappa shape index (κ3) is 5.98. The third-order valence-electron chi connectivity index (χ3n) is 5.16. The zero-order chi connectivity index (χ0) is 22.5. The molecule has 172 valence electrons. The van der Waals surface area contributed by atoms with Gasteiger partial charge in [0.25, 0.3) is 5.01 Å². The molecule has 0 atom stereocenters. The van der Waals surface area contributed by atoms with E-state index in [1.54, 1.807) is 11.3 Å². The number of nitrogens with zero attached hydrogens (tertiary/aromatic N) is 5. The number of halogens is 2. The molecule has 2 aromatic heterocycles. The van der Waals surface area contributed by atoms with E-state index >= 15 is 0 Å². The lowest BCUT2D eigenvalue weighted by atomic mass is 10.2. The number of aryl methyl sites for hydroxylation is 1. The molecule has 0 radical (unpaired) electrons. The normalized spacial score (nSPS) is 11.5. The van der Waals surface area contributed by atoms with Crippen molar-refractivity contribution in [1.82, 2.24) is 4.98 Å². The summed E-state index contributed by atoms with van der Waals surface area (Å²) < 4.78 is 3.57. The first kappa shape index (κ1) is 25.7. The summed E-state index contributed by atoms with van der Waals surface area (Å²) in [5.74, 6) is 0. The minimum absolute atomic E-state index is 0. The van der Waals surface area contributed by atoms with Crippen LogP contribution < -0.4 is 33.4 Å². The smallest absolute Gasteiger partial charge is 0.262 e. The number of para-hydroxylation sites is 1. The summed E-state index contributed by atoms with van der Waals surface area (Å²) in [6.07, 6.45) is 4.11. The van der Waals surface area contributed by atoms with E-state index in [0.717, 1.165) is 30.2 Å². The molecule has 0 N–H and O–H groups in total. The molecule has 0 unspecified atom stereocenters. The molecule has 4 rings (SSSR count). The minimum Gasteiger partial charge on any atom is -1.00 e. The van der Waals surface area contributed by atoms with Crippen molar-refractivity contribution in [2.45, 2.75) is 27.3 Å². The first-order valence-corrected chi connectivity index (χ1v) is 12.7. The van der Waals surface area contributed by atoms with Gasteiger partial charge >= 0.3 is 0 Å². The highest BCUT2D eigenvalue weighted by Crippen LogP contribution is 2.32. The second-order valence-electron chi connectivity index (χ2n) is 7.03. The molecule has 33 heavy (non-hydrogen) atoms. The van der Waals surface area contributed by atoms with Crippen LogP contribution in [0.5, 0.6) is 0 Å². The summed E-state index contributed by atoms with van der Waals surface area (Å²) in [5.41, 5.74) is 3.22. The van der Waals surface area contributed by atoms with E-state index in [0.29, 0.717) is 10.3 Å². The van der Waals surface area contributed by atoms with Gasteiger partial charge in [-0.1, -0.05) is 46.4 Å². The van der Waals surface area contributed by atoms with Crippen molar-refractivity contribution in [3.8, 4) is 0 Å². The maximum Gasteiger partial charge on any atom is 0.262 e. The summed E-state index contributed by atoms with van der Waals surface area (Å²) in [6.45, 7) is 9.32.